The third-order valence-corrected chi connectivity index (χ3v) is 0.780. The Morgan fingerprint density at radius 1 is 1.75 bits per heavy atom. The largest absolute Gasteiger partial charge is 0.548 e. The fourth-order valence-corrected chi connectivity index (χ4v) is 0.297. The first kappa shape index (κ1) is 7.39. The van der Waals surface area contributed by atoms with E-state index in [-0.39, 0.29) is 13.0 Å². The van der Waals surface area contributed by atoms with Gasteiger partial charge in [0.1, 0.15) is 0 Å². The smallest absolute Gasteiger partial charge is 0.0582 e. The Morgan fingerprint density at radius 3 is 2.38 bits per heavy atom. The van der Waals surface area contributed by atoms with E-state index in [4.69, 9.17) is 11.5 Å². The Morgan fingerprint density at radius 2 is 2.25 bits per heavy atom. The highest BCUT2D eigenvalue weighted by Crippen LogP contribution is 1.79. The summed E-state index contributed by atoms with van der Waals surface area (Å²) in [5.41, 5.74) is 9.98. The summed E-state index contributed by atoms with van der Waals surface area (Å²) in [5.74, 6) is -1.24. The van der Waals surface area contributed by atoms with Crippen LogP contribution in [0.25, 0.3) is 0 Å². The Bertz CT molecular complexity index is 84.1. The molecule has 0 aliphatic rings. The number of carbonyl (C=O) groups is 1. The van der Waals surface area contributed by atoms with Crippen molar-refractivity contribution in [3.05, 3.63) is 0 Å². The SMILES string of the molecule is NCCC(N)C(=O)[O-]. The maximum absolute atomic E-state index is 9.80. The Labute approximate surface area is 47.5 Å². The molecule has 4 nitrogen and oxygen atoms in total. The predicted molar refractivity (Wildman–Crippen MR) is 26.7 cm³/mol. The Balaban J connectivity index is 3.32. The Kier molecular flexibility index (Phi) is 3.14. The van der Waals surface area contributed by atoms with Gasteiger partial charge in [-0.15, -0.1) is 0 Å². The summed E-state index contributed by atoms with van der Waals surface area (Å²) in [6, 6.07) is -0.903. The van der Waals surface area contributed by atoms with Gasteiger partial charge in [0.15, 0.2) is 0 Å². The normalized spacial score (nSPS) is 13.2. The molecule has 4 heteroatoms. The van der Waals surface area contributed by atoms with Crippen LogP contribution in [-0.2, 0) is 4.79 Å². The summed E-state index contributed by atoms with van der Waals surface area (Å²) >= 11 is 0. The van der Waals surface area contributed by atoms with Gasteiger partial charge in [0.2, 0.25) is 0 Å². The van der Waals surface area contributed by atoms with Gasteiger partial charge < -0.3 is 21.4 Å². The van der Waals surface area contributed by atoms with Crippen LogP contribution in [0.15, 0.2) is 0 Å². The summed E-state index contributed by atoms with van der Waals surface area (Å²) < 4.78 is 0. The number of nitrogens with two attached hydrogens (primary N) is 2. The lowest BCUT2D eigenvalue weighted by Gasteiger charge is -2.09. The first-order valence-electron chi connectivity index (χ1n) is 2.35. The number of carboxylic acid groups (broad SMARTS) is 1. The second-order valence-electron chi connectivity index (χ2n) is 1.50. The number of hydrogen-bond acceptors (Lipinski definition) is 4. The van der Waals surface area contributed by atoms with Gasteiger partial charge in [-0.1, -0.05) is 0 Å². The van der Waals surface area contributed by atoms with Crippen molar-refractivity contribution in [3.8, 4) is 0 Å². The van der Waals surface area contributed by atoms with E-state index < -0.39 is 12.0 Å². The molecule has 0 saturated carbocycles. The van der Waals surface area contributed by atoms with Crippen LogP contribution in [0.3, 0.4) is 0 Å². The molecule has 48 valence electrons. The van der Waals surface area contributed by atoms with Crippen molar-refractivity contribution in [3.63, 3.8) is 0 Å². The van der Waals surface area contributed by atoms with E-state index in [0.717, 1.165) is 0 Å². The van der Waals surface area contributed by atoms with Crippen LogP contribution in [0.1, 0.15) is 6.42 Å². The van der Waals surface area contributed by atoms with E-state index in [9.17, 15) is 9.90 Å². The first-order valence-corrected chi connectivity index (χ1v) is 2.35. The summed E-state index contributed by atoms with van der Waals surface area (Å²) in [6.45, 7) is 0.287. The van der Waals surface area contributed by atoms with Gasteiger partial charge in [-0.25, -0.2) is 0 Å². The van der Waals surface area contributed by atoms with Crippen molar-refractivity contribution in [2.24, 2.45) is 11.5 Å². The van der Waals surface area contributed by atoms with Gasteiger partial charge in [-0.3, -0.25) is 0 Å². The maximum atomic E-state index is 9.80. The van der Waals surface area contributed by atoms with Gasteiger partial charge >= 0.3 is 0 Å². The molecule has 0 radical (unpaired) electrons. The standard InChI is InChI=1S/C4H10N2O2/c5-2-1-3(6)4(7)8/h3H,1-2,5-6H2,(H,7,8)/p-1. The van der Waals surface area contributed by atoms with Crippen LogP contribution in [0.2, 0.25) is 0 Å². The van der Waals surface area contributed by atoms with Crippen molar-refractivity contribution in [1.29, 1.82) is 0 Å². The molecule has 0 bridgehead atoms. The molecule has 4 N–H and O–H groups in total. The van der Waals surface area contributed by atoms with Crippen molar-refractivity contribution in [2.45, 2.75) is 12.5 Å². The van der Waals surface area contributed by atoms with E-state index in [2.05, 4.69) is 0 Å². The van der Waals surface area contributed by atoms with Gasteiger partial charge in [0.25, 0.3) is 0 Å². The fraction of sp³-hybridized carbons (Fsp3) is 0.750. The fourth-order valence-electron chi connectivity index (χ4n) is 0.297. The van der Waals surface area contributed by atoms with Gasteiger partial charge in [-0.05, 0) is 13.0 Å². The number of hydrogen-bond donors (Lipinski definition) is 2. The molecule has 0 aromatic heterocycles. The topological polar surface area (TPSA) is 92.2 Å². The highest BCUT2D eigenvalue weighted by Gasteiger charge is 1.98. The minimum atomic E-state index is -1.24. The molecule has 0 heterocycles. The van der Waals surface area contributed by atoms with Crippen LogP contribution >= 0.6 is 0 Å². The quantitative estimate of drug-likeness (QED) is 0.424. The average molecular weight is 117 g/mol. The summed E-state index contributed by atoms with van der Waals surface area (Å²) in [4.78, 5) is 9.80. The van der Waals surface area contributed by atoms with E-state index in [1.165, 1.54) is 0 Å². The molecule has 0 aromatic rings. The molecule has 0 spiro atoms. The number of carboxylic acids is 1. The minimum Gasteiger partial charge on any atom is -0.548 e. The zero-order valence-electron chi connectivity index (χ0n) is 4.46. The molecule has 1 unspecified atom stereocenters. The van der Waals surface area contributed by atoms with E-state index in [0.29, 0.717) is 0 Å². The third kappa shape index (κ3) is 2.54. The second kappa shape index (κ2) is 3.40. The zero-order valence-corrected chi connectivity index (χ0v) is 4.46. The predicted octanol–water partition coefficient (Wildman–Crippen LogP) is -2.59. The lowest BCUT2D eigenvalue weighted by Crippen LogP contribution is -2.42. The Hall–Kier alpha value is -0.610. The van der Waals surface area contributed by atoms with Crippen molar-refractivity contribution < 1.29 is 9.90 Å². The van der Waals surface area contributed by atoms with Gasteiger partial charge in [0, 0.05) is 6.04 Å². The number of rotatable bonds is 3. The number of aliphatic carboxylic acids is 1. The molecule has 0 saturated heterocycles. The van der Waals surface area contributed by atoms with Gasteiger partial charge in [-0.2, -0.15) is 0 Å². The van der Waals surface area contributed by atoms with Crippen LogP contribution < -0.4 is 16.6 Å². The van der Waals surface area contributed by atoms with Crippen LogP contribution in [0.5, 0.6) is 0 Å². The van der Waals surface area contributed by atoms with Crippen LogP contribution in [0.4, 0.5) is 0 Å². The second-order valence-corrected chi connectivity index (χ2v) is 1.50. The molecule has 0 rings (SSSR count). The minimum absolute atomic E-state index is 0.280. The lowest BCUT2D eigenvalue weighted by molar-refractivity contribution is -0.307. The summed E-state index contributed by atoms with van der Waals surface area (Å²) in [5, 5.41) is 9.80. The molecule has 0 aliphatic carbocycles. The molecule has 0 amide bonds. The number of carbonyl (C=O) groups excluding carboxylic acids is 1. The van der Waals surface area contributed by atoms with Crippen LogP contribution in [-0.4, -0.2) is 18.6 Å². The monoisotopic (exact) mass is 117 g/mol. The first-order chi connectivity index (χ1) is 3.68. The highest BCUT2D eigenvalue weighted by molar-refractivity contribution is 5.70. The van der Waals surface area contributed by atoms with E-state index in [1.807, 2.05) is 0 Å². The average Bonchev–Trinajstić information content (AvgIpc) is 1.67. The van der Waals surface area contributed by atoms with Crippen LogP contribution in [0, 0.1) is 0 Å². The van der Waals surface area contributed by atoms with E-state index >= 15 is 0 Å². The molecular formula is C4H9N2O2-. The lowest BCUT2D eigenvalue weighted by atomic mass is 10.2. The summed E-state index contributed by atoms with van der Waals surface area (Å²) in [7, 11) is 0. The van der Waals surface area contributed by atoms with Crippen molar-refractivity contribution >= 4 is 5.97 Å². The molecular weight excluding hydrogens is 108 g/mol. The molecule has 8 heavy (non-hydrogen) atoms. The molecule has 0 aliphatic heterocycles. The zero-order chi connectivity index (χ0) is 6.57. The van der Waals surface area contributed by atoms with Gasteiger partial charge in [0.05, 0.1) is 5.97 Å². The highest BCUT2D eigenvalue weighted by atomic mass is 16.4. The van der Waals surface area contributed by atoms with Crippen molar-refractivity contribution in [1.82, 2.24) is 0 Å². The molecule has 1 atom stereocenters. The summed E-state index contributed by atoms with van der Waals surface area (Å²) in [6.07, 6.45) is 0.280. The van der Waals surface area contributed by atoms with E-state index in [1.54, 1.807) is 0 Å². The molecule has 0 fully saturated rings. The maximum Gasteiger partial charge on any atom is 0.0582 e. The third-order valence-electron chi connectivity index (χ3n) is 0.780. The molecule has 0 aromatic carbocycles. The van der Waals surface area contributed by atoms with Crippen molar-refractivity contribution in [2.75, 3.05) is 6.54 Å².